The fourth-order valence-corrected chi connectivity index (χ4v) is 5.19. The van der Waals surface area contributed by atoms with E-state index < -0.39 is 0 Å². The van der Waals surface area contributed by atoms with Crippen molar-refractivity contribution in [3.05, 3.63) is 34.8 Å². The summed E-state index contributed by atoms with van der Waals surface area (Å²) >= 11 is 0. The van der Waals surface area contributed by atoms with Gasteiger partial charge in [-0.3, -0.25) is 0 Å². The van der Waals surface area contributed by atoms with Crippen molar-refractivity contribution in [1.82, 2.24) is 29.9 Å². The Morgan fingerprint density at radius 1 is 1.20 bits per heavy atom. The first-order valence-corrected chi connectivity index (χ1v) is 11.8. The van der Waals surface area contributed by atoms with Crippen LogP contribution in [0, 0.1) is 13.8 Å². The molecule has 0 radical (unpaired) electrons. The second-order valence-electron chi connectivity index (χ2n) is 9.37. The summed E-state index contributed by atoms with van der Waals surface area (Å²) in [5.74, 6) is 3.25. The number of aromatic nitrogens is 6. The summed E-state index contributed by atoms with van der Waals surface area (Å²) in [6.45, 7) is 8.08. The number of fused-ring (bicyclic) bond motifs is 4. The van der Waals surface area contributed by atoms with Crippen molar-refractivity contribution in [2.45, 2.75) is 53.0 Å². The SMILES string of the molecule is COc1cc2c(cc1-c1c(C)noc1C)[nH]c1nc(N)nc(Nc3c4c(nn3C(C)C)CCC4)c12. The van der Waals surface area contributed by atoms with E-state index in [9.17, 15) is 0 Å². The summed E-state index contributed by atoms with van der Waals surface area (Å²) in [6, 6.07) is 4.25. The van der Waals surface area contributed by atoms with Gasteiger partial charge in [0.1, 0.15) is 28.8 Å². The van der Waals surface area contributed by atoms with Crippen molar-refractivity contribution in [1.29, 1.82) is 0 Å². The first-order valence-electron chi connectivity index (χ1n) is 11.8. The van der Waals surface area contributed by atoms with Gasteiger partial charge in [0, 0.05) is 28.1 Å². The van der Waals surface area contributed by atoms with Gasteiger partial charge in [-0.25, -0.2) is 4.68 Å². The standard InChI is InChI=1S/C25H28N8O2/c1-11(2)33-24(14-7-6-8-17(14)31-33)28-23-21-15-10-19(34-5)16(20-12(3)32-35-13(20)4)9-18(15)27-22(21)29-25(26)30-23/h9-11H,6-8H2,1-5H3,(H4,26,27,28,29,30). The van der Waals surface area contributed by atoms with E-state index >= 15 is 0 Å². The van der Waals surface area contributed by atoms with Crippen LogP contribution in [-0.2, 0) is 12.8 Å². The molecular formula is C25H28N8O2. The average Bonchev–Trinajstić information content (AvgIpc) is 3.56. The van der Waals surface area contributed by atoms with E-state index in [4.69, 9.17) is 20.1 Å². The monoisotopic (exact) mass is 472 g/mol. The van der Waals surface area contributed by atoms with Crippen LogP contribution < -0.4 is 15.8 Å². The van der Waals surface area contributed by atoms with Crippen LogP contribution in [0.4, 0.5) is 17.6 Å². The Balaban J connectivity index is 1.58. The summed E-state index contributed by atoms with van der Waals surface area (Å²) in [7, 11) is 1.66. The zero-order valence-electron chi connectivity index (χ0n) is 20.5. The lowest BCUT2D eigenvalue weighted by Crippen LogP contribution is -2.10. The zero-order chi connectivity index (χ0) is 24.4. The van der Waals surface area contributed by atoms with Crippen LogP contribution in [0.1, 0.15) is 49.0 Å². The van der Waals surface area contributed by atoms with E-state index in [1.807, 2.05) is 30.7 Å². The number of H-pyrrole nitrogens is 1. The van der Waals surface area contributed by atoms with Gasteiger partial charge in [0.2, 0.25) is 5.95 Å². The van der Waals surface area contributed by atoms with Crippen molar-refractivity contribution < 1.29 is 9.26 Å². The Hall–Kier alpha value is -4.08. The Labute approximate surface area is 201 Å². The Morgan fingerprint density at radius 3 is 2.74 bits per heavy atom. The number of nitrogens with zero attached hydrogens (tertiary/aromatic N) is 5. The van der Waals surface area contributed by atoms with Crippen LogP contribution in [0.2, 0.25) is 0 Å². The molecule has 35 heavy (non-hydrogen) atoms. The molecule has 4 aromatic heterocycles. The highest BCUT2D eigenvalue weighted by Crippen LogP contribution is 2.42. The van der Waals surface area contributed by atoms with Crippen molar-refractivity contribution in [2.24, 2.45) is 0 Å². The number of anilines is 3. The summed E-state index contributed by atoms with van der Waals surface area (Å²) < 4.78 is 13.3. The van der Waals surface area contributed by atoms with Gasteiger partial charge < -0.3 is 25.3 Å². The smallest absolute Gasteiger partial charge is 0.224 e. The molecule has 0 aliphatic heterocycles. The molecule has 6 rings (SSSR count). The van der Waals surface area contributed by atoms with Crippen LogP contribution in [0.15, 0.2) is 16.7 Å². The number of benzene rings is 1. The third kappa shape index (κ3) is 3.23. The van der Waals surface area contributed by atoms with E-state index in [0.29, 0.717) is 17.2 Å². The van der Waals surface area contributed by atoms with Crippen molar-refractivity contribution in [2.75, 3.05) is 18.2 Å². The van der Waals surface area contributed by atoms with E-state index in [1.165, 1.54) is 5.56 Å². The minimum absolute atomic E-state index is 0.191. The molecule has 0 atom stereocenters. The molecule has 1 aromatic carbocycles. The van der Waals surface area contributed by atoms with Gasteiger partial charge in [0.05, 0.1) is 29.4 Å². The van der Waals surface area contributed by atoms with E-state index in [-0.39, 0.29) is 12.0 Å². The second kappa shape index (κ2) is 7.72. The molecule has 10 nitrogen and oxygen atoms in total. The largest absolute Gasteiger partial charge is 0.496 e. The predicted octanol–water partition coefficient (Wildman–Crippen LogP) is 4.98. The predicted molar refractivity (Wildman–Crippen MR) is 135 cm³/mol. The fraction of sp³-hybridized carbons (Fsp3) is 0.360. The lowest BCUT2D eigenvalue weighted by Gasteiger charge is -2.15. The molecule has 0 saturated heterocycles. The van der Waals surface area contributed by atoms with Gasteiger partial charge in [-0.1, -0.05) is 5.16 Å². The first-order chi connectivity index (χ1) is 16.9. The molecule has 0 amide bonds. The molecule has 4 N–H and O–H groups in total. The first kappa shape index (κ1) is 21.5. The summed E-state index contributed by atoms with van der Waals surface area (Å²) in [4.78, 5) is 12.5. The molecule has 0 saturated carbocycles. The summed E-state index contributed by atoms with van der Waals surface area (Å²) in [5, 5.41) is 14.3. The Morgan fingerprint density at radius 2 is 2.03 bits per heavy atom. The number of ether oxygens (including phenoxy) is 1. The van der Waals surface area contributed by atoms with E-state index in [2.05, 4.69) is 39.3 Å². The van der Waals surface area contributed by atoms with Gasteiger partial charge in [0.15, 0.2) is 0 Å². The number of methoxy groups -OCH3 is 1. The molecule has 180 valence electrons. The number of aromatic amines is 1. The molecule has 0 fully saturated rings. The lowest BCUT2D eigenvalue weighted by atomic mass is 10.0. The van der Waals surface area contributed by atoms with Gasteiger partial charge in [-0.2, -0.15) is 15.1 Å². The van der Waals surface area contributed by atoms with Crippen LogP contribution in [0.25, 0.3) is 33.1 Å². The third-order valence-electron chi connectivity index (χ3n) is 6.75. The molecular weight excluding hydrogens is 444 g/mol. The Bertz CT molecular complexity index is 1590. The summed E-state index contributed by atoms with van der Waals surface area (Å²) in [6.07, 6.45) is 3.11. The van der Waals surface area contributed by atoms with Crippen LogP contribution in [-0.4, -0.2) is 37.0 Å². The van der Waals surface area contributed by atoms with Gasteiger partial charge in [-0.15, -0.1) is 0 Å². The molecule has 10 heteroatoms. The number of nitrogens with two attached hydrogens (primary N) is 1. The maximum absolute atomic E-state index is 6.14. The van der Waals surface area contributed by atoms with Crippen LogP contribution >= 0.6 is 0 Å². The van der Waals surface area contributed by atoms with E-state index in [1.54, 1.807) is 7.11 Å². The number of hydrogen-bond donors (Lipinski definition) is 3. The second-order valence-corrected chi connectivity index (χ2v) is 9.37. The van der Waals surface area contributed by atoms with Crippen molar-refractivity contribution in [3.8, 4) is 16.9 Å². The minimum atomic E-state index is 0.191. The van der Waals surface area contributed by atoms with Gasteiger partial charge in [-0.05, 0) is 59.1 Å². The Kier molecular flexibility index (Phi) is 4.73. The maximum Gasteiger partial charge on any atom is 0.224 e. The number of rotatable bonds is 5. The highest BCUT2D eigenvalue weighted by molar-refractivity contribution is 6.13. The molecule has 0 unspecified atom stereocenters. The minimum Gasteiger partial charge on any atom is -0.496 e. The molecule has 4 heterocycles. The number of hydrogen-bond acceptors (Lipinski definition) is 8. The molecule has 1 aliphatic carbocycles. The normalized spacial score (nSPS) is 13.3. The van der Waals surface area contributed by atoms with Crippen molar-refractivity contribution in [3.63, 3.8) is 0 Å². The van der Waals surface area contributed by atoms with Crippen molar-refractivity contribution >= 4 is 39.5 Å². The van der Waals surface area contributed by atoms with E-state index in [0.717, 1.165) is 69.6 Å². The zero-order valence-corrected chi connectivity index (χ0v) is 20.5. The highest BCUT2D eigenvalue weighted by atomic mass is 16.5. The van der Waals surface area contributed by atoms with Crippen LogP contribution in [0.3, 0.4) is 0 Å². The molecule has 5 aromatic rings. The maximum atomic E-state index is 6.14. The average molecular weight is 473 g/mol. The van der Waals surface area contributed by atoms with Crippen LogP contribution in [0.5, 0.6) is 5.75 Å². The molecule has 0 spiro atoms. The fourth-order valence-electron chi connectivity index (χ4n) is 5.19. The number of nitrogens with one attached hydrogen (secondary N) is 2. The lowest BCUT2D eigenvalue weighted by molar-refractivity contribution is 0.393. The summed E-state index contributed by atoms with van der Waals surface area (Å²) in [5.41, 5.74) is 12.7. The molecule has 1 aliphatic rings. The number of aryl methyl sites for hydroxylation is 3. The van der Waals surface area contributed by atoms with Gasteiger partial charge in [0.25, 0.3) is 0 Å². The highest BCUT2D eigenvalue weighted by Gasteiger charge is 2.26. The molecule has 0 bridgehead atoms. The number of nitrogen functional groups attached to an aromatic ring is 1. The third-order valence-corrected chi connectivity index (χ3v) is 6.75. The van der Waals surface area contributed by atoms with Gasteiger partial charge >= 0.3 is 0 Å². The quantitative estimate of drug-likeness (QED) is 0.326. The topological polar surface area (TPSA) is 133 Å².